The van der Waals surface area contributed by atoms with Crippen molar-refractivity contribution >= 4 is 70.1 Å². The number of thioether (sulfide) groups is 1. The lowest BCUT2D eigenvalue weighted by Crippen LogP contribution is -2.30. The van der Waals surface area contributed by atoms with Gasteiger partial charge in [-0.2, -0.15) is 0 Å². The van der Waals surface area contributed by atoms with Gasteiger partial charge in [-0.25, -0.2) is 0 Å². The van der Waals surface area contributed by atoms with Crippen molar-refractivity contribution in [2.75, 3.05) is 17.7 Å². The fourth-order valence-corrected chi connectivity index (χ4v) is 5.73. The Kier molecular flexibility index (Phi) is 11.1. The molecule has 0 bridgehead atoms. The maximum absolute atomic E-state index is 13.5. The third-order valence-corrected chi connectivity index (χ3v) is 8.46. The molecule has 0 spiro atoms. The molecule has 5 aromatic rings. The lowest BCUT2D eigenvalue weighted by molar-refractivity contribution is -0.115. The summed E-state index contributed by atoms with van der Waals surface area (Å²) in [5.74, 6) is 0.279. The highest BCUT2D eigenvalue weighted by atomic mass is 35.5. The van der Waals surface area contributed by atoms with Crippen LogP contribution < -0.4 is 20.7 Å². The maximum atomic E-state index is 13.5. The molecule has 1 atom stereocenters. The second-order valence-electron chi connectivity index (χ2n) is 10.1. The van der Waals surface area contributed by atoms with Crippen molar-refractivity contribution in [3.63, 3.8) is 0 Å². The van der Waals surface area contributed by atoms with Crippen LogP contribution in [0.15, 0.2) is 124 Å². The summed E-state index contributed by atoms with van der Waals surface area (Å²) < 4.78 is 11.5. The van der Waals surface area contributed by atoms with Crippen LogP contribution in [0.3, 0.4) is 0 Å². The van der Waals surface area contributed by atoms with Gasteiger partial charge in [0.15, 0.2) is 0 Å². The first-order valence-corrected chi connectivity index (χ1v) is 16.0. The zero-order valence-electron chi connectivity index (χ0n) is 25.3. The SMILES string of the molecule is COc1ccccc1-c1ccc(/C=C(/NC(=O)c2ccccc2)C(=O)Nc2ccc(SC(C)C(=O)Nc3ccc(Cl)cc3Cl)cc2)o1. The van der Waals surface area contributed by atoms with Crippen LogP contribution in [-0.4, -0.2) is 30.1 Å². The maximum Gasteiger partial charge on any atom is 0.272 e. The molecule has 0 radical (unpaired) electrons. The molecule has 8 nitrogen and oxygen atoms in total. The molecule has 5 rings (SSSR count). The van der Waals surface area contributed by atoms with Crippen molar-refractivity contribution < 1.29 is 23.5 Å². The minimum atomic E-state index is -0.558. The number of ether oxygens (including phenoxy) is 1. The number of hydrogen-bond acceptors (Lipinski definition) is 6. The molecule has 4 aromatic carbocycles. The van der Waals surface area contributed by atoms with E-state index in [1.807, 2.05) is 24.3 Å². The molecule has 1 heterocycles. The largest absolute Gasteiger partial charge is 0.496 e. The summed E-state index contributed by atoms with van der Waals surface area (Å²) in [5, 5.41) is 8.72. The summed E-state index contributed by atoms with van der Waals surface area (Å²) in [6.45, 7) is 1.78. The van der Waals surface area contributed by atoms with Crippen LogP contribution in [0.2, 0.25) is 10.0 Å². The minimum absolute atomic E-state index is 0.0237. The average molecular weight is 687 g/mol. The average Bonchev–Trinajstić information content (AvgIpc) is 3.55. The summed E-state index contributed by atoms with van der Waals surface area (Å²) in [6, 6.07) is 31.3. The van der Waals surface area contributed by atoms with E-state index in [0.29, 0.717) is 44.3 Å². The topological polar surface area (TPSA) is 110 Å². The summed E-state index contributed by atoms with van der Waals surface area (Å²) in [7, 11) is 1.58. The first-order valence-electron chi connectivity index (χ1n) is 14.4. The molecule has 0 aliphatic rings. The van der Waals surface area contributed by atoms with Gasteiger partial charge >= 0.3 is 0 Å². The fraction of sp³-hybridized carbons (Fsp3) is 0.0833. The van der Waals surface area contributed by atoms with Gasteiger partial charge in [-0.3, -0.25) is 14.4 Å². The molecule has 0 saturated carbocycles. The van der Waals surface area contributed by atoms with Gasteiger partial charge in [0.1, 0.15) is 23.0 Å². The Balaban J connectivity index is 1.30. The summed E-state index contributed by atoms with van der Waals surface area (Å²) >= 11 is 13.5. The van der Waals surface area contributed by atoms with Gasteiger partial charge in [0.05, 0.1) is 28.6 Å². The molecule has 1 unspecified atom stereocenters. The molecule has 0 aliphatic carbocycles. The van der Waals surface area contributed by atoms with E-state index >= 15 is 0 Å². The molecule has 47 heavy (non-hydrogen) atoms. The first-order chi connectivity index (χ1) is 22.7. The molecule has 1 aromatic heterocycles. The van der Waals surface area contributed by atoms with E-state index < -0.39 is 17.1 Å². The Morgan fingerprint density at radius 2 is 1.57 bits per heavy atom. The Morgan fingerprint density at radius 3 is 2.30 bits per heavy atom. The Labute approximate surface area is 286 Å². The van der Waals surface area contributed by atoms with Gasteiger partial charge in [-0.05, 0) is 85.8 Å². The van der Waals surface area contributed by atoms with Crippen molar-refractivity contribution in [3.05, 3.63) is 136 Å². The van der Waals surface area contributed by atoms with E-state index in [2.05, 4.69) is 16.0 Å². The van der Waals surface area contributed by atoms with E-state index in [1.165, 1.54) is 17.8 Å². The fourth-order valence-electron chi connectivity index (χ4n) is 4.41. The van der Waals surface area contributed by atoms with Crippen LogP contribution in [0.4, 0.5) is 11.4 Å². The van der Waals surface area contributed by atoms with Crippen molar-refractivity contribution in [3.8, 4) is 17.1 Å². The molecule has 0 fully saturated rings. The van der Waals surface area contributed by atoms with Crippen LogP contribution in [0, 0.1) is 0 Å². The molecule has 0 aliphatic heterocycles. The quantitative estimate of drug-likeness (QED) is 0.0947. The second kappa shape index (κ2) is 15.6. The number of para-hydroxylation sites is 1. The number of furan rings is 1. The minimum Gasteiger partial charge on any atom is -0.496 e. The molecule has 0 saturated heterocycles. The highest BCUT2D eigenvalue weighted by Crippen LogP contribution is 2.32. The van der Waals surface area contributed by atoms with Gasteiger partial charge in [0, 0.05) is 27.2 Å². The highest BCUT2D eigenvalue weighted by molar-refractivity contribution is 8.00. The third kappa shape index (κ3) is 8.86. The van der Waals surface area contributed by atoms with Crippen LogP contribution >= 0.6 is 35.0 Å². The number of benzene rings is 4. The number of carbonyl (C=O) groups is 3. The molecular weight excluding hydrogens is 657 g/mol. The second-order valence-corrected chi connectivity index (χ2v) is 12.4. The summed E-state index contributed by atoms with van der Waals surface area (Å²) in [6.07, 6.45) is 1.46. The van der Waals surface area contributed by atoms with Crippen molar-refractivity contribution in [2.45, 2.75) is 17.1 Å². The van der Waals surface area contributed by atoms with Crippen LogP contribution in [-0.2, 0) is 9.59 Å². The lowest BCUT2D eigenvalue weighted by Gasteiger charge is -2.14. The normalized spacial score (nSPS) is 11.8. The van der Waals surface area contributed by atoms with Gasteiger partial charge in [0.25, 0.3) is 11.8 Å². The predicted octanol–water partition coefficient (Wildman–Crippen LogP) is 8.79. The predicted molar refractivity (Wildman–Crippen MR) is 188 cm³/mol. The van der Waals surface area contributed by atoms with Crippen LogP contribution in [0.25, 0.3) is 17.4 Å². The van der Waals surface area contributed by atoms with Gasteiger partial charge in [-0.1, -0.05) is 53.5 Å². The Hall–Kier alpha value is -4.96. The first kappa shape index (κ1) is 33.4. The Morgan fingerprint density at radius 1 is 0.851 bits per heavy atom. The van der Waals surface area contributed by atoms with Gasteiger partial charge in [-0.15, -0.1) is 11.8 Å². The number of halogens is 2. The highest BCUT2D eigenvalue weighted by Gasteiger charge is 2.19. The Bertz CT molecular complexity index is 1930. The lowest BCUT2D eigenvalue weighted by atomic mass is 10.1. The number of anilines is 2. The van der Waals surface area contributed by atoms with Crippen molar-refractivity contribution in [1.29, 1.82) is 0 Å². The standard InChI is InChI=1S/C36H29Cl2N3O5S/c1-22(34(42)40-30-18-12-24(37)20-29(30)38)47-27-16-13-25(14-17-27)39-36(44)31(41-35(43)23-8-4-3-5-9-23)21-26-15-19-33(46-26)28-10-6-7-11-32(28)45-2/h3-22H,1-2H3,(H,39,44)(H,40,42)(H,41,43)/b31-21+. The molecule has 11 heteroatoms. The number of nitrogens with one attached hydrogen (secondary N) is 3. The zero-order valence-corrected chi connectivity index (χ0v) is 27.6. The van der Waals surface area contributed by atoms with E-state index in [-0.39, 0.29) is 11.6 Å². The number of rotatable bonds is 11. The van der Waals surface area contributed by atoms with E-state index in [9.17, 15) is 14.4 Å². The van der Waals surface area contributed by atoms with Crippen molar-refractivity contribution in [2.24, 2.45) is 0 Å². The number of hydrogen-bond donors (Lipinski definition) is 3. The van der Waals surface area contributed by atoms with Crippen LogP contribution in [0.1, 0.15) is 23.0 Å². The summed E-state index contributed by atoms with van der Waals surface area (Å²) in [5.41, 5.74) is 2.06. The molecule has 3 amide bonds. The smallest absolute Gasteiger partial charge is 0.272 e. The number of carbonyl (C=O) groups excluding carboxylic acids is 3. The zero-order chi connectivity index (χ0) is 33.3. The molecular formula is C36H29Cl2N3O5S. The van der Waals surface area contributed by atoms with Crippen LogP contribution in [0.5, 0.6) is 5.75 Å². The monoisotopic (exact) mass is 685 g/mol. The van der Waals surface area contributed by atoms with E-state index in [1.54, 1.807) is 99.0 Å². The molecule has 3 N–H and O–H groups in total. The van der Waals surface area contributed by atoms with E-state index in [4.69, 9.17) is 32.4 Å². The summed E-state index contributed by atoms with van der Waals surface area (Å²) in [4.78, 5) is 40.1. The van der Waals surface area contributed by atoms with Gasteiger partial charge < -0.3 is 25.1 Å². The number of methoxy groups -OCH3 is 1. The van der Waals surface area contributed by atoms with Crippen molar-refractivity contribution in [1.82, 2.24) is 5.32 Å². The van der Waals surface area contributed by atoms with E-state index in [0.717, 1.165) is 10.5 Å². The number of amides is 3. The van der Waals surface area contributed by atoms with Gasteiger partial charge in [0.2, 0.25) is 5.91 Å². The molecule has 238 valence electrons. The third-order valence-electron chi connectivity index (χ3n) is 6.80.